The van der Waals surface area contributed by atoms with Crippen molar-refractivity contribution < 1.29 is 9.59 Å². The number of urea groups is 1. The van der Waals surface area contributed by atoms with E-state index in [2.05, 4.69) is 36.7 Å². The number of anilines is 2. The molecular formula is C20H31N3O2. The summed E-state index contributed by atoms with van der Waals surface area (Å²) in [5.41, 5.74) is 1.71. The summed E-state index contributed by atoms with van der Waals surface area (Å²) >= 11 is 0. The first-order valence-corrected chi connectivity index (χ1v) is 9.25. The number of hydrogen-bond donors (Lipinski definition) is 3. The van der Waals surface area contributed by atoms with Crippen molar-refractivity contribution in [3.8, 4) is 0 Å². The van der Waals surface area contributed by atoms with Gasteiger partial charge < -0.3 is 16.0 Å². The molecule has 0 atom stereocenters. The summed E-state index contributed by atoms with van der Waals surface area (Å²) < 4.78 is 0. The van der Waals surface area contributed by atoms with E-state index in [4.69, 9.17) is 0 Å². The molecule has 0 aromatic heterocycles. The van der Waals surface area contributed by atoms with Crippen LogP contribution in [0.1, 0.15) is 53.4 Å². The Hall–Kier alpha value is -2.04. The Morgan fingerprint density at radius 1 is 1.04 bits per heavy atom. The maximum absolute atomic E-state index is 12.5. The Balaban J connectivity index is 1.90. The van der Waals surface area contributed by atoms with Gasteiger partial charge in [0.1, 0.15) is 0 Å². The predicted molar refractivity (Wildman–Crippen MR) is 103 cm³/mol. The second-order valence-electron chi connectivity index (χ2n) is 7.97. The third kappa shape index (κ3) is 5.76. The molecule has 0 spiro atoms. The molecule has 0 saturated heterocycles. The summed E-state index contributed by atoms with van der Waals surface area (Å²) in [6, 6.07) is 7.02. The third-order valence-corrected chi connectivity index (χ3v) is 5.05. The Morgan fingerprint density at radius 2 is 1.64 bits per heavy atom. The number of benzene rings is 1. The summed E-state index contributed by atoms with van der Waals surface area (Å²) in [6.45, 7) is 9.28. The maximum atomic E-state index is 12.5. The summed E-state index contributed by atoms with van der Waals surface area (Å²) in [4.78, 5) is 24.1. The van der Waals surface area contributed by atoms with Crippen molar-refractivity contribution in [3.63, 3.8) is 0 Å². The van der Waals surface area contributed by atoms with Gasteiger partial charge in [0.15, 0.2) is 0 Å². The lowest BCUT2D eigenvalue weighted by Gasteiger charge is -2.36. The van der Waals surface area contributed by atoms with Crippen molar-refractivity contribution in [2.75, 3.05) is 17.2 Å². The van der Waals surface area contributed by atoms with Crippen LogP contribution in [0, 0.1) is 17.3 Å². The molecule has 0 unspecified atom stereocenters. The van der Waals surface area contributed by atoms with Gasteiger partial charge in [-0.25, -0.2) is 4.79 Å². The van der Waals surface area contributed by atoms with Crippen LogP contribution in [-0.4, -0.2) is 18.5 Å². The molecule has 3 N–H and O–H groups in total. The standard InChI is InChI=1S/C20H31N3O2/c1-5-21-19(25)23-17-8-6-7-16(13-17)22-18(24)14-9-11-15(12-10-14)20(2,3)4/h6-8,13-15H,5,9-12H2,1-4H3,(H,22,24)(H2,21,23,25). The second kappa shape index (κ2) is 8.37. The average Bonchev–Trinajstić information content (AvgIpc) is 2.54. The van der Waals surface area contributed by atoms with Gasteiger partial charge >= 0.3 is 6.03 Å². The Labute approximate surface area is 151 Å². The van der Waals surface area contributed by atoms with Gasteiger partial charge in [0.05, 0.1) is 0 Å². The molecule has 0 heterocycles. The van der Waals surface area contributed by atoms with Crippen molar-refractivity contribution in [2.24, 2.45) is 17.3 Å². The van der Waals surface area contributed by atoms with E-state index in [0.29, 0.717) is 23.6 Å². The van der Waals surface area contributed by atoms with Crippen LogP contribution in [0.3, 0.4) is 0 Å². The lowest BCUT2D eigenvalue weighted by molar-refractivity contribution is -0.121. The minimum atomic E-state index is -0.244. The molecule has 0 aliphatic heterocycles. The largest absolute Gasteiger partial charge is 0.338 e. The van der Waals surface area contributed by atoms with Gasteiger partial charge in [-0.05, 0) is 62.1 Å². The minimum Gasteiger partial charge on any atom is -0.338 e. The SMILES string of the molecule is CCNC(=O)Nc1cccc(NC(=O)C2CCC(C(C)(C)C)CC2)c1. The fourth-order valence-electron chi connectivity index (χ4n) is 3.48. The van der Waals surface area contributed by atoms with Crippen LogP contribution >= 0.6 is 0 Å². The van der Waals surface area contributed by atoms with E-state index < -0.39 is 0 Å². The van der Waals surface area contributed by atoms with E-state index in [1.54, 1.807) is 12.1 Å². The fraction of sp³-hybridized carbons (Fsp3) is 0.600. The van der Waals surface area contributed by atoms with Crippen LogP contribution in [0.4, 0.5) is 16.2 Å². The van der Waals surface area contributed by atoms with E-state index in [9.17, 15) is 9.59 Å². The van der Waals surface area contributed by atoms with Gasteiger partial charge in [-0.3, -0.25) is 4.79 Å². The molecule has 1 saturated carbocycles. The number of rotatable bonds is 4. The van der Waals surface area contributed by atoms with E-state index in [-0.39, 0.29) is 17.9 Å². The zero-order chi connectivity index (χ0) is 18.4. The summed E-state index contributed by atoms with van der Waals surface area (Å²) in [6.07, 6.45) is 4.12. The number of hydrogen-bond acceptors (Lipinski definition) is 2. The molecule has 138 valence electrons. The summed E-state index contributed by atoms with van der Waals surface area (Å²) in [7, 11) is 0. The Kier molecular flexibility index (Phi) is 6.45. The van der Waals surface area contributed by atoms with E-state index >= 15 is 0 Å². The van der Waals surface area contributed by atoms with Gasteiger partial charge in [-0.2, -0.15) is 0 Å². The molecule has 5 heteroatoms. The molecule has 3 amide bonds. The molecule has 1 fully saturated rings. The third-order valence-electron chi connectivity index (χ3n) is 5.05. The Morgan fingerprint density at radius 3 is 2.20 bits per heavy atom. The summed E-state index contributed by atoms with van der Waals surface area (Å²) in [5, 5.41) is 8.44. The first-order valence-electron chi connectivity index (χ1n) is 9.25. The first-order chi connectivity index (χ1) is 11.8. The molecule has 25 heavy (non-hydrogen) atoms. The molecule has 1 aliphatic rings. The number of amides is 3. The lowest BCUT2D eigenvalue weighted by Crippen LogP contribution is -2.31. The highest BCUT2D eigenvalue weighted by Gasteiger charge is 2.32. The maximum Gasteiger partial charge on any atom is 0.319 e. The zero-order valence-electron chi connectivity index (χ0n) is 15.8. The lowest BCUT2D eigenvalue weighted by atomic mass is 9.69. The highest BCUT2D eigenvalue weighted by molar-refractivity contribution is 5.94. The number of carbonyl (C=O) groups excluding carboxylic acids is 2. The van der Waals surface area contributed by atoms with E-state index in [1.807, 2.05) is 19.1 Å². The van der Waals surface area contributed by atoms with Gasteiger partial charge in [0.2, 0.25) is 5.91 Å². The minimum absolute atomic E-state index is 0.0820. The van der Waals surface area contributed by atoms with Crippen molar-refractivity contribution in [1.82, 2.24) is 5.32 Å². The van der Waals surface area contributed by atoms with E-state index in [1.165, 1.54) is 0 Å². The van der Waals surface area contributed by atoms with Crippen molar-refractivity contribution >= 4 is 23.3 Å². The fourth-order valence-corrected chi connectivity index (χ4v) is 3.48. The molecule has 1 aromatic carbocycles. The molecule has 0 radical (unpaired) electrons. The topological polar surface area (TPSA) is 70.2 Å². The molecule has 0 bridgehead atoms. The van der Waals surface area contributed by atoms with Crippen molar-refractivity contribution in [3.05, 3.63) is 24.3 Å². The number of carbonyl (C=O) groups is 2. The van der Waals surface area contributed by atoms with Crippen LogP contribution in [-0.2, 0) is 4.79 Å². The van der Waals surface area contributed by atoms with Crippen molar-refractivity contribution in [1.29, 1.82) is 0 Å². The monoisotopic (exact) mass is 345 g/mol. The molecule has 2 rings (SSSR count). The molecule has 1 aromatic rings. The van der Waals surface area contributed by atoms with Gasteiger partial charge in [-0.1, -0.05) is 26.8 Å². The number of nitrogens with one attached hydrogen (secondary N) is 3. The highest BCUT2D eigenvalue weighted by Crippen LogP contribution is 2.40. The zero-order valence-corrected chi connectivity index (χ0v) is 15.8. The highest BCUT2D eigenvalue weighted by atomic mass is 16.2. The van der Waals surface area contributed by atoms with Crippen LogP contribution in [0.2, 0.25) is 0 Å². The van der Waals surface area contributed by atoms with Crippen molar-refractivity contribution in [2.45, 2.75) is 53.4 Å². The predicted octanol–water partition coefficient (Wildman–Crippen LogP) is 4.62. The van der Waals surface area contributed by atoms with Crippen LogP contribution in [0.25, 0.3) is 0 Å². The quantitative estimate of drug-likeness (QED) is 0.745. The van der Waals surface area contributed by atoms with E-state index in [0.717, 1.165) is 31.4 Å². The molecule has 1 aliphatic carbocycles. The Bertz CT molecular complexity index is 599. The molecular weight excluding hydrogens is 314 g/mol. The second-order valence-corrected chi connectivity index (χ2v) is 7.97. The summed E-state index contributed by atoms with van der Waals surface area (Å²) in [5.74, 6) is 0.863. The first kappa shape index (κ1) is 19.3. The smallest absolute Gasteiger partial charge is 0.319 e. The van der Waals surface area contributed by atoms with Crippen LogP contribution in [0.15, 0.2) is 24.3 Å². The normalized spacial score (nSPS) is 20.6. The van der Waals surface area contributed by atoms with Crippen LogP contribution in [0.5, 0.6) is 0 Å². The molecule has 5 nitrogen and oxygen atoms in total. The van der Waals surface area contributed by atoms with Gasteiger partial charge in [0, 0.05) is 23.8 Å². The van der Waals surface area contributed by atoms with Gasteiger partial charge in [-0.15, -0.1) is 0 Å². The average molecular weight is 345 g/mol. The van der Waals surface area contributed by atoms with Crippen LogP contribution < -0.4 is 16.0 Å². The van der Waals surface area contributed by atoms with Gasteiger partial charge in [0.25, 0.3) is 0 Å².